The van der Waals surface area contributed by atoms with Gasteiger partial charge in [-0.15, -0.1) is 0 Å². The third-order valence-electron chi connectivity index (χ3n) is 9.11. The zero-order valence-corrected chi connectivity index (χ0v) is 34.0. The van der Waals surface area contributed by atoms with Crippen molar-refractivity contribution in [2.24, 2.45) is 11.5 Å². The monoisotopic (exact) mass is 1010 g/mol. The second-order valence-electron chi connectivity index (χ2n) is 13.4. The van der Waals surface area contributed by atoms with Crippen LogP contribution < -0.4 is 11.5 Å². The largest absolute Gasteiger partial charge is 0.479 e. The van der Waals surface area contributed by atoms with Crippen LogP contribution in [0.4, 0.5) is 0 Å². The molecule has 0 radical (unpaired) electrons. The Labute approximate surface area is 352 Å². The number of aliphatic carboxylic acids is 2. The van der Waals surface area contributed by atoms with Crippen LogP contribution >= 0.6 is 0 Å². The predicted molar refractivity (Wildman–Crippen MR) is 181 cm³/mol. The van der Waals surface area contributed by atoms with E-state index in [1.54, 1.807) is 0 Å². The summed E-state index contributed by atoms with van der Waals surface area (Å²) >= 11 is 0. The Morgan fingerprint density at radius 3 is 1.41 bits per heavy atom. The van der Waals surface area contributed by atoms with E-state index in [0.717, 1.165) is 0 Å². The maximum atomic E-state index is 12.6. The molecule has 4 rings (SSSR count). The van der Waals surface area contributed by atoms with Gasteiger partial charge in [0.1, 0.15) is 67.1 Å². The van der Waals surface area contributed by atoms with Crippen LogP contribution in [0.25, 0.3) is 0 Å². The Balaban J connectivity index is 1.74. The van der Waals surface area contributed by atoms with Gasteiger partial charge >= 0.3 is 53.5 Å². The first kappa shape index (κ1) is 53.4. The summed E-state index contributed by atoms with van der Waals surface area (Å²) in [5.74, 6) is -4.18. The van der Waals surface area contributed by atoms with Crippen LogP contribution in [0.3, 0.4) is 0 Å². The SMILES string of the molecule is N[C@H]1[C@@H](O[C@H]2[C@H](O)[C@@H](OS(=O)(=O)O)[C@H](O[C@H]3[C@H](O)[C@@H](N)C(O)O[C@@H]3COS(=O)(=O)O)O[C@H]2C(=O)O)O[C@H](COS(=O)(=O)O)[C@@H](O[C@@H]2O[C@H](C(=O)O)[C@@H](O)[C@H](O)[C@H]2O)[C@@H]1OS(=O)(=O)O. The van der Waals surface area contributed by atoms with Gasteiger partial charge in [0, 0.05) is 0 Å². The molecule has 1 unspecified atom stereocenters. The summed E-state index contributed by atoms with van der Waals surface area (Å²) in [6.07, 6.45) is -44.6. The van der Waals surface area contributed by atoms with E-state index in [1.165, 1.54) is 0 Å². The van der Waals surface area contributed by atoms with Crippen LogP contribution in [0.15, 0.2) is 0 Å². The molecule has 4 aliphatic rings. The number of ether oxygens (including phenoxy) is 7. The van der Waals surface area contributed by atoms with Crippen molar-refractivity contribution in [3.8, 4) is 0 Å². The van der Waals surface area contributed by atoms with Gasteiger partial charge in [0.05, 0.1) is 25.3 Å². The number of carboxylic acid groups (broad SMARTS) is 2. The Bertz CT molecular complexity index is 2060. The van der Waals surface area contributed by atoms with E-state index < -0.39 is 189 Å². The van der Waals surface area contributed by atoms with Crippen LogP contribution in [0.2, 0.25) is 0 Å². The maximum Gasteiger partial charge on any atom is 0.397 e. The molecule has 16 N–H and O–H groups in total. The normalized spacial score (nSPS) is 42.1. The third kappa shape index (κ3) is 13.9. The molecule has 0 aromatic carbocycles. The lowest BCUT2D eigenvalue weighted by molar-refractivity contribution is -0.366. The van der Waals surface area contributed by atoms with Gasteiger partial charge in [-0.2, -0.15) is 33.7 Å². The second kappa shape index (κ2) is 20.4. The fraction of sp³-hybridized carbons (Fsp3) is 0.917. The second-order valence-corrected chi connectivity index (χ2v) is 17.7. The molecule has 0 aromatic heterocycles. The number of hydrogen-bond donors (Lipinski definition) is 14. The van der Waals surface area contributed by atoms with E-state index in [-0.39, 0.29) is 0 Å². The zero-order chi connectivity index (χ0) is 47.9. The van der Waals surface area contributed by atoms with Gasteiger partial charge in [-0.3, -0.25) is 18.2 Å². The topological polar surface area (TPSA) is 567 Å². The van der Waals surface area contributed by atoms with Crippen molar-refractivity contribution in [3.63, 3.8) is 0 Å². The number of hydrogen-bond acceptors (Lipinski definition) is 29. The summed E-state index contributed by atoms with van der Waals surface area (Å²) in [7, 11) is -22.4. The summed E-state index contributed by atoms with van der Waals surface area (Å²) in [5, 5.41) is 82.5. The van der Waals surface area contributed by atoms with Crippen molar-refractivity contribution in [1.82, 2.24) is 0 Å². The summed E-state index contributed by atoms with van der Waals surface area (Å²) in [4.78, 5) is 24.2. The Kier molecular flexibility index (Phi) is 17.3. The maximum absolute atomic E-state index is 12.6. The third-order valence-corrected chi connectivity index (χ3v) is 10.9. The van der Waals surface area contributed by atoms with Gasteiger partial charge in [-0.1, -0.05) is 0 Å². The number of rotatable bonds is 18. The van der Waals surface area contributed by atoms with Crippen molar-refractivity contribution in [2.45, 2.75) is 123 Å². The molecule has 63 heavy (non-hydrogen) atoms. The van der Waals surface area contributed by atoms with Gasteiger partial charge in [-0.05, 0) is 0 Å². The highest BCUT2D eigenvalue weighted by Crippen LogP contribution is 2.36. The minimum Gasteiger partial charge on any atom is -0.479 e. The highest BCUT2D eigenvalue weighted by atomic mass is 32.3. The first-order chi connectivity index (χ1) is 28.7. The standard InChI is InChI=1S/C24H40N2O33S4/c25-5-7(27)12(3(51-21(5)36)1-49-60(37,38)39)53-24-17(59-63(46,47)48)11(31)15(18(57-24)20(34)35)55-22-6(26)14(58-62(43,44)45)13(4(52-22)2-50-61(40,41)42)54-23-10(30)8(28)9(29)16(56-23)19(32)33/h3-18,21-24,27-31,36H,1-2,25-26H2,(H,32,33)(H,34,35)(H,37,38,39)(H,40,41,42)(H,43,44,45)(H,46,47,48)/t3-,4-,5-,6-,7-,8+,9+,10-,11+,12-,13-,14-,15+,16+,17-,18-,21?,22-,23-,24-/m1/s1. The molecule has 20 atom stereocenters. The smallest absolute Gasteiger partial charge is 0.397 e. The lowest BCUT2D eigenvalue weighted by Crippen LogP contribution is -2.70. The molecule has 35 nitrogen and oxygen atoms in total. The summed E-state index contributed by atoms with van der Waals surface area (Å²) in [6.45, 7) is -2.91. The zero-order valence-electron chi connectivity index (χ0n) is 30.7. The van der Waals surface area contributed by atoms with E-state index in [4.69, 9.17) is 49.2 Å². The molecular weight excluding hydrogens is 973 g/mol. The Hall–Kier alpha value is -2.18. The van der Waals surface area contributed by atoms with Crippen LogP contribution in [-0.2, 0) is 101 Å². The minimum atomic E-state index is -5.82. The first-order valence-corrected chi connectivity index (χ1v) is 22.3. The molecule has 0 aliphatic carbocycles. The number of nitrogens with two attached hydrogens (primary N) is 2. The highest BCUT2D eigenvalue weighted by Gasteiger charge is 2.59. The molecule has 4 fully saturated rings. The van der Waals surface area contributed by atoms with E-state index in [2.05, 4.69) is 16.7 Å². The van der Waals surface area contributed by atoms with E-state index in [0.29, 0.717) is 0 Å². The van der Waals surface area contributed by atoms with E-state index in [1.807, 2.05) is 0 Å². The molecule has 0 bridgehead atoms. The molecular formula is C24H40N2O33S4. The molecule has 368 valence electrons. The lowest BCUT2D eigenvalue weighted by Gasteiger charge is -2.49. The number of carbonyl (C=O) groups is 2. The predicted octanol–water partition coefficient (Wildman–Crippen LogP) is -10.3. The van der Waals surface area contributed by atoms with Gasteiger partial charge < -0.3 is 85.5 Å². The Morgan fingerprint density at radius 1 is 0.460 bits per heavy atom. The number of carboxylic acids is 2. The summed E-state index contributed by atoms with van der Waals surface area (Å²) in [5.41, 5.74) is 11.7. The van der Waals surface area contributed by atoms with Crippen LogP contribution in [-0.4, -0.2) is 241 Å². The summed E-state index contributed by atoms with van der Waals surface area (Å²) in [6, 6.07) is -4.28. The fourth-order valence-corrected chi connectivity index (χ4v) is 7.94. The number of aliphatic hydroxyl groups excluding tert-OH is 6. The molecule has 0 amide bonds. The molecule has 0 aromatic rings. The van der Waals surface area contributed by atoms with E-state index in [9.17, 15) is 97.8 Å². The van der Waals surface area contributed by atoms with Crippen LogP contribution in [0.5, 0.6) is 0 Å². The molecule has 4 aliphatic heterocycles. The minimum absolute atomic E-state index is 1.33. The quantitative estimate of drug-likeness (QED) is 0.0567. The van der Waals surface area contributed by atoms with Crippen molar-refractivity contribution in [1.29, 1.82) is 0 Å². The molecule has 39 heteroatoms. The molecule has 0 saturated carbocycles. The van der Waals surface area contributed by atoms with Crippen LogP contribution in [0, 0.1) is 0 Å². The first-order valence-electron chi connectivity index (χ1n) is 16.9. The van der Waals surface area contributed by atoms with Crippen molar-refractivity contribution in [2.75, 3.05) is 13.2 Å². The lowest BCUT2D eigenvalue weighted by atomic mass is 9.94. The van der Waals surface area contributed by atoms with Gasteiger partial charge in [0.2, 0.25) is 0 Å². The fourth-order valence-electron chi connectivity index (χ4n) is 6.33. The average molecular weight is 1010 g/mol. The van der Waals surface area contributed by atoms with Crippen molar-refractivity contribution >= 4 is 53.5 Å². The van der Waals surface area contributed by atoms with Gasteiger partial charge in [0.25, 0.3) is 0 Å². The highest BCUT2D eigenvalue weighted by molar-refractivity contribution is 7.81. The number of aliphatic hydroxyl groups is 6. The molecule has 4 heterocycles. The van der Waals surface area contributed by atoms with E-state index >= 15 is 0 Å². The van der Waals surface area contributed by atoms with Crippen LogP contribution in [0.1, 0.15) is 0 Å². The molecule has 4 saturated heterocycles. The average Bonchev–Trinajstić information content (AvgIpc) is 3.13. The van der Waals surface area contributed by atoms with Gasteiger partial charge in [-0.25, -0.2) is 26.3 Å². The summed E-state index contributed by atoms with van der Waals surface area (Å²) < 4.78 is 185. The van der Waals surface area contributed by atoms with Gasteiger partial charge in [0.15, 0.2) is 43.5 Å². The Morgan fingerprint density at radius 2 is 0.921 bits per heavy atom. The van der Waals surface area contributed by atoms with Crippen molar-refractivity contribution in [3.05, 3.63) is 0 Å². The molecule has 0 spiro atoms. The van der Waals surface area contributed by atoms with Crippen molar-refractivity contribution < 1.29 is 152 Å².